The average molecular weight is 311 g/mol. The van der Waals surface area contributed by atoms with Gasteiger partial charge >= 0.3 is 5.97 Å². The number of nitrogens with one attached hydrogen (secondary N) is 1. The zero-order valence-corrected chi connectivity index (χ0v) is 13.9. The topological polar surface area (TPSA) is 54.5 Å². The van der Waals surface area contributed by atoms with Gasteiger partial charge in [-0.25, -0.2) is 9.78 Å². The summed E-state index contributed by atoms with van der Waals surface area (Å²) in [4.78, 5) is 18.6. The molecule has 0 bridgehead atoms. The van der Waals surface area contributed by atoms with E-state index in [0.29, 0.717) is 23.7 Å². The van der Waals surface area contributed by atoms with Crippen LogP contribution in [0.1, 0.15) is 49.1 Å². The lowest BCUT2D eigenvalue weighted by Gasteiger charge is -2.39. The van der Waals surface area contributed by atoms with Gasteiger partial charge in [0.25, 0.3) is 0 Å². The smallest absolute Gasteiger partial charge is 0.367 e. The van der Waals surface area contributed by atoms with Crippen LogP contribution in [0.5, 0.6) is 0 Å². The zero-order valence-electron chi connectivity index (χ0n) is 13.1. The number of nitrogens with zero attached hydrogens (tertiary/aromatic N) is 2. The Balaban J connectivity index is 2.00. The van der Waals surface area contributed by atoms with Crippen LogP contribution in [0.15, 0.2) is 5.38 Å². The summed E-state index contributed by atoms with van der Waals surface area (Å²) in [7, 11) is 0. The molecule has 1 fully saturated rings. The maximum atomic E-state index is 11.7. The van der Waals surface area contributed by atoms with E-state index in [4.69, 9.17) is 4.74 Å². The summed E-state index contributed by atoms with van der Waals surface area (Å²) in [5.74, 6) is -0.312. The molecule has 6 heteroatoms. The number of hydrogen-bond acceptors (Lipinski definition) is 6. The molecule has 1 aromatic heterocycles. The Hall–Kier alpha value is -0.980. The van der Waals surface area contributed by atoms with Crippen molar-refractivity contribution in [3.63, 3.8) is 0 Å². The SMILES string of the molecule is CCOC(=O)c1nc(CN2CC(CC)NCC2CC)cs1. The Morgan fingerprint density at radius 3 is 2.95 bits per heavy atom. The third kappa shape index (κ3) is 4.25. The van der Waals surface area contributed by atoms with Gasteiger partial charge in [-0.05, 0) is 19.8 Å². The molecule has 1 saturated heterocycles. The van der Waals surface area contributed by atoms with Crippen molar-refractivity contribution in [1.82, 2.24) is 15.2 Å². The van der Waals surface area contributed by atoms with Crippen LogP contribution in [0.2, 0.25) is 0 Å². The van der Waals surface area contributed by atoms with Gasteiger partial charge in [-0.2, -0.15) is 0 Å². The molecule has 2 unspecified atom stereocenters. The van der Waals surface area contributed by atoms with Crippen LogP contribution < -0.4 is 5.32 Å². The number of piperazine rings is 1. The largest absolute Gasteiger partial charge is 0.461 e. The van der Waals surface area contributed by atoms with Crippen molar-refractivity contribution in [2.45, 2.75) is 52.2 Å². The first-order chi connectivity index (χ1) is 10.2. The van der Waals surface area contributed by atoms with Crippen molar-refractivity contribution >= 4 is 17.3 Å². The van der Waals surface area contributed by atoms with E-state index in [0.717, 1.165) is 38.2 Å². The second-order valence-corrected chi connectivity index (χ2v) is 6.23. The lowest BCUT2D eigenvalue weighted by atomic mass is 10.1. The number of ether oxygens (including phenoxy) is 1. The van der Waals surface area contributed by atoms with Gasteiger partial charge in [0.15, 0.2) is 0 Å². The molecule has 1 aliphatic rings. The Bertz CT molecular complexity index is 464. The van der Waals surface area contributed by atoms with E-state index in [-0.39, 0.29) is 5.97 Å². The normalized spacial score (nSPS) is 23.2. The van der Waals surface area contributed by atoms with Crippen LogP contribution >= 0.6 is 11.3 Å². The van der Waals surface area contributed by atoms with Crippen molar-refractivity contribution in [2.75, 3.05) is 19.7 Å². The predicted octanol–water partition coefficient (Wildman–Crippen LogP) is 2.28. The van der Waals surface area contributed by atoms with Gasteiger partial charge in [-0.15, -0.1) is 11.3 Å². The van der Waals surface area contributed by atoms with Crippen molar-refractivity contribution in [2.24, 2.45) is 0 Å². The van der Waals surface area contributed by atoms with Crippen LogP contribution in [0.3, 0.4) is 0 Å². The highest BCUT2D eigenvalue weighted by molar-refractivity contribution is 7.11. The summed E-state index contributed by atoms with van der Waals surface area (Å²) in [6, 6.07) is 1.09. The number of aromatic nitrogens is 1. The van der Waals surface area contributed by atoms with Gasteiger partial charge in [0.1, 0.15) is 0 Å². The van der Waals surface area contributed by atoms with Crippen LogP contribution in [0.25, 0.3) is 0 Å². The molecule has 1 aromatic rings. The third-order valence-corrected chi connectivity index (χ3v) is 4.82. The van der Waals surface area contributed by atoms with Gasteiger partial charge in [-0.1, -0.05) is 13.8 Å². The molecule has 1 aliphatic heterocycles. The Morgan fingerprint density at radius 1 is 1.48 bits per heavy atom. The minimum atomic E-state index is -0.312. The summed E-state index contributed by atoms with van der Waals surface area (Å²) >= 11 is 1.37. The first-order valence-corrected chi connectivity index (χ1v) is 8.64. The van der Waals surface area contributed by atoms with Gasteiger partial charge in [-0.3, -0.25) is 4.90 Å². The molecular formula is C15H25N3O2S. The predicted molar refractivity (Wildman–Crippen MR) is 84.6 cm³/mol. The molecule has 0 aliphatic carbocycles. The highest BCUT2D eigenvalue weighted by Gasteiger charge is 2.26. The number of esters is 1. The highest BCUT2D eigenvalue weighted by atomic mass is 32.1. The second kappa shape index (κ2) is 7.87. The Morgan fingerprint density at radius 2 is 2.29 bits per heavy atom. The van der Waals surface area contributed by atoms with E-state index >= 15 is 0 Å². The number of thiazole rings is 1. The Kier molecular flexibility index (Phi) is 6.14. The van der Waals surface area contributed by atoms with E-state index in [9.17, 15) is 4.79 Å². The molecule has 0 amide bonds. The maximum absolute atomic E-state index is 11.7. The number of carbonyl (C=O) groups is 1. The van der Waals surface area contributed by atoms with Gasteiger partial charge in [0.05, 0.1) is 12.3 Å². The van der Waals surface area contributed by atoms with E-state index < -0.39 is 0 Å². The number of rotatable bonds is 6. The first kappa shape index (κ1) is 16.4. The molecule has 5 nitrogen and oxygen atoms in total. The molecule has 0 radical (unpaired) electrons. The third-order valence-electron chi connectivity index (χ3n) is 3.94. The summed E-state index contributed by atoms with van der Waals surface area (Å²) in [6.45, 7) is 9.52. The Labute approximate surface area is 130 Å². The standard InChI is InChI=1S/C15H25N3O2S/c1-4-11-8-18(13(5-2)7-16-11)9-12-10-21-14(17-12)15(19)20-6-3/h10-11,13,16H,4-9H2,1-3H3. The summed E-state index contributed by atoms with van der Waals surface area (Å²) in [6.07, 6.45) is 2.26. The lowest BCUT2D eigenvalue weighted by Crippen LogP contribution is -2.55. The lowest BCUT2D eigenvalue weighted by molar-refractivity contribution is 0.0525. The van der Waals surface area contributed by atoms with Crippen molar-refractivity contribution < 1.29 is 9.53 Å². The first-order valence-electron chi connectivity index (χ1n) is 7.76. The molecule has 2 atom stereocenters. The van der Waals surface area contributed by atoms with Crippen LogP contribution in [-0.2, 0) is 11.3 Å². The van der Waals surface area contributed by atoms with Gasteiger partial charge in [0, 0.05) is 37.1 Å². The number of hydrogen-bond donors (Lipinski definition) is 1. The zero-order chi connectivity index (χ0) is 15.2. The summed E-state index contributed by atoms with van der Waals surface area (Å²) in [5.41, 5.74) is 0.971. The second-order valence-electron chi connectivity index (χ2n) is 5.37. The fraction of sp³-hybridized carbons (Fsp3) is 0.733. The summed E-state index contributed by atoms with van der Waals surface area (Å²) < 4.78 is 4.99. The van der Waals surface area contributed by atoms with E-state index in [1.807, 2.05) is 12.3 Å². The molecule has 0 spiro atoms. The van der Waals surface area contributed by atoms with Crippen LogP contribution in [-0.4, -0.2) is 47.6 Å². The van der Waals surface area contributed by atoms with E-state index in [1.165, 1.54) is 11.3 Å². The molecule has 1 N–H and O–H groups in total. The monoisotopic (exact) mass is 311 g/mol. The van der Waals surface area contributed by atoms with E-state index in [1.54, 1.807) is 0 Å². The fourth-order valence-electron chi connectivity index (χ4n) is 2.67. The highest BCUT2D eigenvalue weighted by Crippen LogP contribution is 2.18. The molecule has 0 saturated carbocycles. The molecule has 2 rings (SSSR count). The van der Waals surface area contributed by atoms with Gasteiger partial charge < -0.3 is 10.1 Å². The molecule has 21 heavy (non-hydrogen) atoms. The van der Waals surface area contributed by atoms with E-state index in [2.05, 4.69) is 29.0 Å². The molecule has 0 aromatic carbocycles. The van der Waals surface area contributed by atoms with Crippen LogP contribution in [0.4, 0.5) is 0 Å². The van der Waals surface area contributed by atoms with Crippen molar-refractivity contribution in [1.29, 1.82) is 0 Å². The average Bonchev–Trinajstić information content (AvgIpc) is 2.96. The molecule has 2 heterocycles. The van der Waals surface area contributed by atoms with Gasteiger partial charge in [0.2, 0.25) is 5.01 Å². The molecule has 118 valence electrons. The quantitative estimate of drug-likeness (QED) is 0.817. The minimum Gasteiger partial charge on any atom is -0.461 e. The number of carbonyl (C=O) groups excluding carboxylic acids is 1. The fourth-order valence-corrected chi connectivity index (χ4v) is 3.37. The van der Waals surface area contributed by atoms with Crippen molar-refractivity contribution in [3.05, 3.63) is 16.1 Å². The maximum Gasteiger partial charge on any atom is 0.367 e. The minimum absolute atomic E-state index is 0.312. The summed E-state index contributed by atoms with van der Waals surface area (Å²) in [5, 5.41) is 6.03. The van der Waals surface area contributed by atoms with Crippen LogP contribution in [0, 0.1) is 0 Å². The molecular weight excluding hydrogens is 286 g/mol. The van der Waals surface area contributed by atoms with Crippen molar-refractivity contribution in [3.8, 4) is 0 Å².